The van der Waals surface area contributed by atoms with Gasteiger partial charge in [0, 0.05) is 22.6 Å². The van der Waals surface area contributed by atoms with Gasteiger partial charge in [0.2, 0.25) is 5.91 Å². The van der Waals surface area contributed by atoms with E-state index in [0.717, 1.165) is 55.7 Å². The van der Waals surface area contributed by atoms with E-state index >= 15 is 0 Å². The fourth-order valence-corrected chi connectivity index (χ4v) is 7.77. The van der Waals surface area contributed by atoms with Gasteiger partial charge in [-0.3, -0.25) is 4.79 Å². The number of hydrogen-bond donors (Lipinski definition) is 1. The van der Waals surface area contributed by atoms with E-state index in [9.17, 15) is 14.7 Å². The summed E-state index contributed by atoms with van der Waals surface area (Å²) in [5.41, 5.74) is 2.10. The highest BCUT2D eigenvalue weighted by atomic mass is 32.2. The Morgan fingerprint density at radius 3 is 2.39 bits per heavy atom. The first-order valence-corrected chi connectivity index (χ1v) is 15.3. The quantitative estimate of drug-likeness (QED) is 0.395. The fourth-order valence-electron chi connectivity index (χ4n) is 5.00. The smallest absolute Gasteiger partial charge is 0.348 e. The third kappa shape index (κ3) is 6.90. The number of thiophene rings is 1. The van der Waals surface area contributed by atoms with Crippen LogP contribution in [0, 0.1) is 29.1 Å². The minimum atomic E-state index is -0.991. The molecule has 2 aromatic heterocycles. The number of carbonyl (C=O) groups excluding carboxylic acids is 1. The van der Waals surface area contributed by atoms with Crippen LogP contribution in [-0.4, -0.2) is 38.5 Å². The molecule has 1 N–H and O–H groups in total. The van der Waals surface area contributed by atoms with Gasteiger partial charge >= 0.3 is 5.97 Å². The molecule has 0 atom stereocenters. The molecule has 2 aliphatic carbocycles. The lowest BCUT2D eigenvalue weighted by Crippen LogP contribution is -2.46. The van der Waals surface area contributed by atoms with Gasteiger partial charge < -0.3 is 10.0 Å². The maximum atomic E-state index is 14.0. The number of anilines is 1. The zero-order valence-electron chi connectivity index (χ0n) is 21.5. The number of nitrogens with zero attached hydrogens (tertiary/aromatic N) is 3. The molecular formula is C27H35N3O3S3. The van der Waals surface area contributed by atoms with E-state index in [-0.39, 0.29) is 28.2 Å². The molecule has 2 aromatic rings. The summed E-state index contributed by atoms with van der Waals surface area (Å²) in [5, 5.41) is 18.6. The standard InChI is InChI=1S/C27H35N3O3S3/c1-17-5-7-18(8-6-17)24(31)30(19-9-11-20(12-10-19)36-26-29-28-16-34-26)22-15-21(13-14-27(2,3)4)35-23(22)25(32)33/h15-20H,5-12H2,1-4H3,(H,32,33). The Kier molecular flexibility index (Phi) is 8.79. The van der Waals surface area contributed by atoms with Crippen molar-refractivity contribution in [2.24, 2.45) is 17.3 Å². The van der Waals surface area contributed by atoms with Crippen molar-refractivity contribution in [3.05, 3.63) is 21.3 Å². The van der Waals surface area contributed by atoms with Crippen molar-refractivity contribution in [2.45, 2.75) is 94.7 Å². The van der Waals surface area contributed by atoms with Crippen LogP contribution in [0.25, 0.3) is 0 Å². The molecule has 2 fully saturated rings. The minimum Gasteiger partial charge on any atom is -0.477 e. The maximum absolute atomic E-state index is 14.0. The zero-order valence-corrected chi connectivity index (χ0v) is 23.9. The highest BCUT2D eigenvalue weighted by molar-refractivity contribution is 8.01. The number of thioether (sulfide) groups is 1. The summed E-state index contributed by atoms with van der Waals surface area (Å²) < 4.78 is 0.982. The van der Waals surface area contributed by atoms with Gasteiger partial charge in [0.1, 0.15) is 10.4 Å². The topological polar surface area (TPSA) is 83.4 Å². The fraction of sp³-hybridized carbons (Fsp3) is 0.630. The molecule has 0 radical (unpaired) electrons. The molecule has 0 unspecified atom stereocenters. The molecule has 0 spiro atoms. The van der Waals surface area contributed by atoms with E-state index in [1.54, 1.807) is 28.6 Å². The second kappa shape index (κ2) is 11.7. The molecule has 4 rings (SSSR count). The van der Waals surface area contributed by atoms with E-state index in [2.05, 4.69) is 29.0 Å². The molecule has 0 aliphatic heterocycles. The van der Waals surface area contributed by atoms with Gasteiger partial charge in [-0.15, -0.1) is 21.5 Å². The first kappa shape index (κ1) is 27.2. The molecule has 1 amide bonds. The Morgan fingerprint density at radius 2 is 1.81 bits per heavy atom. The molecule has 2 heterocycles. The van der Waals surface area contributed by atoms with Gasteiger partial charge in [-0.05, 0) is 84.1 Å². The van der Waals surface area contributed by atoms with Crippen LogP contribution >= 0.6 is 34.4 Å². The first-order chi connectivity index (χ1) is 17.1. The number of carboxylic acids is 1. The van der Waals surface area contributed by atoms with E-state index in [1.165, 1.54) is 11.3 Å². The van der Waals surface area contributed by atoms with Crippen LogP contribution in [0.15, 0.2) is 15.9 Å². The van der Waals surface area contributed by atoms with Crippen LogP contribution < -0.4 is 4.90 Å². The molecule has 0 saturated heterocycles. The Balaban J connectivity index is 1.62. The van der Waals surface area contributed by atoms with Crippen molar-refractivity contribution in [1.29, 1.82) is 0 Å². The summed E-state index contributed by atoms with van der Waals surface area (Å²) in [4.78, 5) is 29.1. The molecular weight excluding hydrogens is 511 g/mol. The number of carboxylic acid groups (broad SMARTS) is 1. The van der Waals surface area contributed by atoms with Crippen molar-refractivity contribution < 1.29 is 14.7 Å². The Morgan fingerprint density at radius 1 is 1.11 bits per heavy atom. The van der Waals surface area contributed by atoms with Crippen molar-refractivity contribution in [3.63, 3.8) is 0 Å². The van der Waals surface area contributed by atoms with Gasteiger partial charge in [-0.1, -0.05) is 41.9 Å². The highest BCUT2D eigenvalue weighted by Gasteiger charge is 2.37. The Labute approximate surface area is 226 Å². The number of amides is 1. The second-order valence-corrected chi connectivity index (χ2v) is 14.5. The lowest BCUT2D eigenvalue weighted by Gasteiger charge is -2.39. The Bertz CT molecular complexity index is 1110. The van der Waals surface area contributed by atoms with Gasteiger partial charge in [0.05, 0.1) is 10.6 Å². The van der Waals surface area contributed by atoms with E-state index < -0.39 is 5.97 Å². The number of aromatic nitrogens is 2. The SMILES string of the molecule is CC1CCC(C(=O)N(c2cc(C#CC(C)(C)C)sc2C(=O)O)C2CCC(Sc3nncs3)CC2)CC1. The molecule has 9 heteroatoms. The van der Waals surface area contributed by atoms with Crippen molar-refractivity contribution in [2.75, 3.05) is 4.90 Å². The van der Waals surface area contributed by atoms with Crippen LogP contribution in [0.5, 0.6) is 0 Å². The highest BCUT2D eigenvalue weighted by Crippen LogP contribution is 2.41. The normalized spacial score (nSPS) is 24.6. The number of hydrogen-bond acceptors (Lipinski definition) is 7. The van der Waals surface area contributed by atoms with Crippen LogP contribution in [0.2, 0.25) is 0 Å². The first-order valence-electron chi connectivity index (χ1n) is 12.8. The van der Waals surface area contributed by atoms with Crippen LogP contribution in [-0.2, 0) is 4.79 Å². The summed E-state index contributed by atoms with van der Waals surface area (Å²) in [6.07, 6.45) is 7.48. The monoisotopic (exact) mass is 545 g/mol. The van der Waals surface area contributed by atoms with Gasteiger partial charge in [-0.25, -0.2) is 4.79 Å². The number of carbonyl (C=O) groups is 2. The zero-order chi connectivity index (χ0) is 25.9. The van der Waals surface area contributed by atoms with Gasteiger partial charge in [0.25, 0.3) is 0 Å². The molecule has 0 bridgehead atoms. The van der Waals surface area contributed by atoms with Gasteiger partial charge in [0.15, 0.2) is 4.34 Å². The molecule has 2 aliphatic rings. The largest absolute Gasteiger partial charge is 0.477 e. The lowest BCUT2D eigenvalue weighted by molar-refractivity contribution is -0.124. The summed E-state index contributed by atoms with van der Waals surface area (Å²) in [7, 11) is 0. The second-order valence-electron chi connectivity index (χ2n) is 11.0. The Hall–Kier alpha value is -1.89. The summed E-state index contributed by atoms with van der Waals surface area (Å²) in [6, 6.07) is 1.84. The maximum Gasteiger partial charge on any atom is 0.348 e. The predicted octanol–water partition coefficient (Wildman–Crippen LogP) is 6.96. The average Bonchev–Trinajstić information content (AvgIpc) is 3.49. The number of aromatic carboxylic acids is 1. The molecule has 6 nitrogen and oxygen atoms in total. The predicted molar refractivity (Wildman–Crippen MR) is 148 cm³/mol. The third-order valence-corrected chi connectivity index (χ3v) is 10.1. The van der Waals surface area contributed by atoms with Gasteiger partial charge in [-0.2, -0.15) is 0 Å². The summed E-state index contributed by atoms with van der Waals surface area (Å²) >= 11 is 4.51. The summed E-state index contributed by atoms with van der Waals surface area (Å²) in [5.74, 6) is 6.08. The van der Waals surface area contributed by atoms with Crippen molar-refractivity contribution in [3.8, 4) is 11.8 Å². The molecule has 36 heavy (non-hydrogen) atoms. The van der Waals surface area contributed by atoms with E-state index in [4.69, 9.17) is 0 Å². The van der Waals surface area contributed by atoms with Crippen molar-refractivity contribution >= 4 is 52.0 Å². The molecule has 0 aromatic carbocycles. The van der Waals surface area contributed by atoms with Crippen LogP contribution in [0.3, 0.4) is 0 Å². The van der Waals surface area contributed by atoms with Crippen molar-refractivity contribution in [1.82, 2.24) is 10.2 Å². The lowest BCUT2D eigenvalue weighted by atomic mass is 9.81. The van der Waals surface area contributed by atoms with Crippen LogP contribution in [0.1, 0.15) is 93.6 Å². The molecule has 194 valence electrons. The third-order valence-electron chi connectivity index (χ3n) is 6.95. The molecule has 2 saturated carbocycles. The minimum absolute atomic E-state index is 0.000699. The van der Waals surface area contributed by atoms with E-state index in [0.29, 0.717) is 21.7 Å². The summed E-state index contributed by atoms with van der Waals surface area (Å²) in [6.45, 7) is 8.34. The average molecular weight is 546 g/mol. The van der Waals surface area contributed by atoms with E-state index in [1.807, 2.05) is 31.7 Å². The number of rotatable bonds is 6. The van der Waals surface area contributed by atoms with Crippen LogP contribution in [0.4, 0.5) is 5.69 Å².